The van der Waals surface area contributed by atoms with Gasteiger partial charge in [0.15, 0.2) is 0 Å². The molecule has 0 spiro atoms. The van der Waals surface area contributed by atoms with Crippen LogP contribution in [-0.2, 0) is 0 Å². The molecule has 2 aromatic rings. The van der Waals surface area contributed by atoms with Gasteiger partial charge in [0.05, 0.1) is 22.6 Å². The first-order chi connectivity index (χ1) is 9.51. The molecule has 0 saturated heterocycles. The second-order valence-electron chi connectivity index (χ2n) is 3.77. The maximum Gasteiger partial charge on any atom is 0.314 e. The summed E-state index contributed by atoms with van der Waals surface area (Å²) in [6.45, 7) is 0. The minimum absolute atomic E-state index is 0.0396. The summed E-state index contributed by atoms with van der Waals surface area (Å²) in [5.41, 5.74) is -0.437. The molecule has 104 valence electrons. The third kappa shape index (κ3) is 3.05. The zero-order valence-corrected chi connectivity index (χ0v) is 11.9. The quantitative estimate of drug-likeness (QED) is 0.614. The molecule has 0 bridgehead atoms. The number of methoxy groups -OCH3 is 1. The number of nitro groups is 1. The predicted molar refractivity (Wildman–Crippen MR) is 73.8 cm³/mol. The molecule has 2 rings (SSSR count). The molecule has 0 heterocycles. The van der Waals surface area contributed by atoms with Crippen LogP contribution >= 0.6 is 15.9 Å². The van der Waals surface area contributed by atoms with Crippen molar-refractivity contribution in [2.24, 2.45) is 0 Å². The van der Waals surface area contributed by atoms with Crippen LogP contribution in [0.2, 0.25) is 0 Å². The highest BCUT2D eigenvalue weighted by Crippen LogP contribution is 2.36. The average Bonchev–Trinajstić information content (AvgIpc) is 2.42. The fraction of sp³-hybridized carbons (Fsp3) is 0.0769. The van der Waals surface area contributed by atoms with Gasteiger partial charge in [-0.05, 0) is 46.3 Å². The van der Waals surface area contributed by atoms with Crippen molar-refractivity contribution in [2.75, 3.05) is 7.11 Å². The van der Waals surface area contributed by atoms with Gasteiger partial charge in [-0.2, -0.15) is 0 Å². The molecule has 7 heteroatoms. The summed E-state index contributed by atoms with van der Waals surface area (Å²) in [5.74, 6) is 0.235. The molecule has 0 radical (unpaired) electrons. The van der Waals surface area contributed by atoms with Crippen LogP contribution in [0.5, 0.6) is 17.2 Å². The molecule has 0 unspecified atom stereocenters. The molecule has 0 fully saturated rings. The number of rotatable bonds is 4. The van der Waals surface area contributed by atoms with Crippen LogP contribution < -0.4 is 9.47 Å². The van der Waals surface area contributed by atoms with Gasteiger partial charge >= 0.3 is 5.69 Å². The molecule has 0 atom stereocenters. The second-order valence-corrected chi connectivity index (χ2v) is 4.62. The lowest BCUT2D eigenvalue weighted by molar-refractivity contribution is -0.385. The van der Waals surface area contributed by atoms with Crippen LogP contribution in [0, 0.1) is 15.9 Å². The standard InChI is InChI=1S/C13H9BrFNO4/c1-19-9-3-5-12(10(14)7-9)20-13-4-2-8(15)6-11(13)16(17)18/h2-7H,1H3. The van der Waals surface area contributed by atoms with E-state index in [0.29, 0.717) is 16.0 Å². The lowest BCUT2D eigenvalue weighted by Gasteiger charge is -2.09. The van der Waals surface area contributed by atoms with E-state index < -0.39 is 16.4 Å². The van der Waals surface area contributed by atoms with Crippen LogP contribution in [0.1, 0.15) is 0 Å². The molecule has 0 aromatic heterocycles. The van der Waals surface area contributed by atoms with Gasteiger partial charge in [0.1, 0.15) is 17.3 Å². The van der Waals surface area contributed by atoms with Gasteiger partial charge in [-0.3, -0.25) is 10.1 Å². The Balaban J connectivity index is 2.37. The van der Waals surface area contributed by atoms with Gasteiger partial charge in [0, 0.05) is 0 Å². The average molecular weight is 342 g/mol. The van der Waals surface area contributed by atoms with Crippen LogP contribution in [0.15, 0.2) is 40.9 Å². The van der Waals surface area contributed by atoms with Crippen LogP contribution in [0.3, 0.4) is 0 Å². The van der Waals surface area contributed by atoms with Gasteiger partial charge in [-0.1, -0.05) is 0 Å². The number of ether oxygens (including phenoxy) is 2. The van der Waals surface area contributed by atoms with E-state index in [-0.39, 0.29) is 5.75 Å². The smallest absolute Gasteiger partial charge is 0.314 e. The van der Waals surface area contributed by atoms with Crippen molar-refractivity contribution in [3.63, 3.8) is 0 Å². The molecule has 0 amide bonds. The Bertz CT molecular complexity index is 663. The fourth-order valence-corrected chi connectivity index (χ4v) is 1.97. The highest BCUT2D eigenvalue weighted by atomic mass is 79.9. The molecule has 0 N–H and O–H groups in total. The Morgan fingerprint density at radius 1 is 1.20 bits per heavy atom. The number of hydrogen-bond donors (Lipinski definition) is 0. The normalized spacial score (nSPS) is 10.2. The number of hydrogen-bond acceptors (Lipinski definition) is 4. The zero-order valence-electron chi connectivity index (χ0n) is 10.3. The summed E-state index contributed by atoms with van der Waals surface area (Å²) in [4.78, 5) is 10.2. The van der Waals surface area contributed by atoms with Gasteiger partial charge in [0.25, 0.3) is 0 Å². The summed E-state index contributed by atoms with van der Waals surface area (Å²) < 4.78 is 24.1. The Morgan fingerprint density at radius 3 is 2.50 bits per heavy atom. The zero-order chi connectivity index (χ0) is 14.7. The van der Waals surface area contributed by atoms with E-state index in [0.717, 1.165) is 12.1 Å². The van der Waals surface area contributed by atoms with E-state index in [9.17, 15) is 14.5 Å². The van der Waals surface area contributed by atoms with Gasteiger partial charge in [-0.25, -0.2) is 4.39 Å². The van der Waals surface area contributed by atoms with E-state index in [2.05, 4.69) is 15.9 Å². The second kappa shape index (κ2) is 5.87. The Kier molecular flexibility index (Phi) is 4.19. The van der Waals surface area contributed by atoms with Crippen LogP contribution in [0.4, 0.5) is 10.1 Å². The maximum absolute atomic E-state index is 13.0. The van der Waals surface area contributed by atoms with E-state index >= 15 is 0 Å². The molecular weight excluding hydrogens is 333 g/mol. The molecule has 0 saturated carbocycles. The first kappa shape index (κ1) is 14.3. The van der Waals surface area contributed by atoms with Gasteiger partial charge in [-0.15, -0.1) is 0 Å². The number of halogens is 2. The van der Waals surface area contributed by atoms with E-state index in [1.165, 1.54) is 13.2 Å². The molecular formula is C13H9BrFNO4. The Morgan fingerprint density at radius 2 is 1.90 bits per heavy atom. The van der Waals surface area contributed by atoms with Crippen molar-refractivity contribution < 1.29 is 18.8 Å². The van der Waals surface area contributed by atoms with E-state index in [4.69, 9.17) is 9.47 Å². The first-order valence-electron chi connectivity index (χ1n) is 5.46. The Labute approximate surface area is 122 Å². The van der Waals surface area contributed by atoms with Crippen molar-refractivity contribution in [3.05, 3.63) is 56.8 Å². The molecule has 5 nitrogen and oxygen atoms in total. The first-order valence-corrected chi connectivity index (χ1v) is 6.26. The molecule has 0 aliphatic rings. The predicted octanol–water partition coefficient (Wildman–Crippen LogP) is 4.30. The third-order valence-electron chi connectivity index (χ3n) is 2.48. The maximum atomic E-state index is 13.0. The number of nitrogens with zero attached hydrogens (tertiary/aromatic N) is 1. The molecule has 2 aromatic carbocycles. The van der Waals surface area contributed by atoms with Gasteiger partial charge in [0.2, 0.25) is 5.75 Å². The Hall–Kier alpha value is -2.15. The van der Waals surface area contributed by atoms with Crippen LogP contribution in [0.25, 0.3) is 0 Å². The lowest BCUT2D eigenvalue weighted by atomic mass is 10.3. The fourth-order valence-electron chi connectivity index (χ4n) is 1.53. The SMILES string of the molecule is COc1ccc(Oc2ccc(F)cc2[N+](=O)[O-])c(Br)c1. The molecule has 0 aliphatic carbocycles. The van der Waals surface area contributed by atoms with Crippen molar-refractivity contribution in [3.8, 4) is 17.2 Å². The third-order valence-corrected chi connectivity index (χ3v) is 3.10. The van der Waals surface area contributed by atoms with Crippen molar-refractivity contribution in [1.29, 1.82) is 0 Å². The number of nitro benzene ring substituents is 1. The minimum atomic E-state index is -0.699. The largest absolute Gasteiger partial charge is 0.497 e. The summed E-state index contributed by atoms with van der Waals surface area (Å²) in [5, 5.41) is 10.9. The summed E-state index contributed by atoms with van der Waals surface area (Å²) in [7, 11) is 1.52. The highest BCUT2D eigenvalue weighted by Gasteiger charge is 2.18. The van der Waals surface area contributed by atoms with Gasteiger partial charge < -0.3 is 9.47 Å². The van der Waals surface area contributed by atoms with Crippen molar-refractivity contribution >= 4 is 21.6 Å². The summed E-state index contributed by atoms with van der Waals surface area (Å²) >= 11 is 3.27. The lowest BCUT2D eigenvalue weighted by Crippen LogP contribution is -1.95. The van der Waals surface area contributed by atoms with Crippen molar-refractivity contribution in [1.82, 2.24) is 0 Å². The molecule has 20 heavy (non-hydrogen) atoms. The summed E-state index contributed by atoms with van der Waals surface area (Å²) in [6, 6.07) is 8.02. The van der Waals surface area contributed by atoms with Crippen molar-refractivity contribution in [2.45, 2.75) is 0 Å². The monoisotopic (exact) mass is 341 g/mol. The summed E-state index contributed by atoms with van der Waals surface area (Å²) in [6.07, 6.45) is 0. The van der Waals surface area contributed by atoms with E-state index in [1.54, 1.807) is 18.2 Å². The highest BCUT2D eigenvalue weighted by molar-refractivity contribution is 9.10. The minimum Gasteiger partial charge on any atom is -0.497 e. The topological polar surface area (TPSA) is 61.6 Å². The van der Waals surface area contributed by atoms with Crippen LogP contribution in [-0.4, -0.2) is 12.0 Å². The number of benzene rings is 2. The van der Waals surface area contributed by atoms with E-state index in [1.807, 2.05) is 0 Å². The molecule has 0 aliphatic heterocycles.